The first-order valence-electron chi connectivity index (χ1n) is 8.73. The van der Waals surface area contributed by atoms with E-state index in [-0.39, 0.29) is 18.8 Å². The minimum atomic E-state index is -4.14. The smallest absolute Gasteiger partial charge is 0.376 e. The number of halogens is 3. The zero-order valence-corrected chi connectivity index (χ0v) is 14.3. The van der Waals surface area contributed by atoms with Gasteiger partial charge < -0.3 is 19.7 Å². The lowest BCUT2D eigenvalue weighted by Crippen LogP contribution is -2.47. The second-order valence-electron chi connectivity index (χ2n) is 6.35. The van der Waals surface area contributed by atoms with Crippen LogP contribution in [0, 0.1) is 0 Å². The van der Waals surface area contributed by atoms with Crippen molar-refractivity contribution < 1.29 is 22.6 Å². The van der Waals surface area contributed by atoms with Gasteiger partial charge in [0.1, 0.15) is 0 Å². The quantitative estimate of drug-likeness (QED) is 0.611. The zero-order chi connectivity index (χ0) is 17.4. The minimum absolute atomic E-state index is 0.147. The van der Waals surface area contributed by atoms with Gasteiger partial charge in [-0.25, -0.2) is 0 Å². The molecule has 0 bridgehead atoms. The molecule has 2 saturated heterocycles. The summed E-state index contributed by atoms with van der Waals surface area (Å²) < 4.78 is 48.3. The van der Waals surface area contributed by atoms with Gasteiger partial charge >= 0.3 is 6.18 Å². The zero-order valence-electron chi connectivity index (χ0n) is 14.3. The Morgan fingerprint density at radius 2 is 2.00 bits per heavy atom. The highest BCUT2D eigenvalue weighted by atomic mass is 19.4. The topological polar surface area (TPSA) is 46.1 Å². The molecule has 0 radical (unpaired) electrons. The molecule has 0 aromatic heterocycles. The summed E-state index contributed by atoms with van der Waals surface area (Å²) in [6.45, 7) is 2.80. The lowest BCUT2D eigenvalue weighted by Gasteiger charge is -2.35. The Balaban J connectivity index is 1.65. The van der Waals surface area contributed by atoms with Crippen LogP contribution in [0.25, 0.3) is 0 Å². The Hall–Kier alpha value is -1.02. The highest BCUT2D eigenvalue weighted by molar-refractivity contribution is 5.79. The number of alkyl halides is 3. The number of likely N-dealkylation sites (tertiary alicyclic amines) is 1. The fourth-order valence-electron chi connectivity index (χ4n) is 3.06. The Morgan fingerprint density at radius 3 is 2.58 bits per heavy atom. The van der Waals surface area contributed by atoms with E-state index in [4.69, 9.17) is 9.47 Å². The van der Waals surface area contributed by atoms with Crippen LogP contribution in [0.2, 0.25) is 0 Å². The lowest BCUT2D eigenvalue weighted by atomic mass is 10.1. The van der Waals surface area contributed by atoms with Crippen molar-refractivity contribution in [2.75, 3.05) is 39.9 Å². The van der Waals surface area contributed by atoms with Gasteiger partial charge in [-0.2, -0.15) is 13.2 Å². The summed E-state index contributed by atoms with van der Waals surface area (Å²) in [5.74, 6) is 0.535. The van der Waals surface area contributed by atoms with Gasteiger partial charge in [-0.05, 0) is 32.1 Å². The van der Waals surface area contributed by atoms with Crippen LogP contribution in [-0.2, 0) is 9.47 Å². The van der Waals surface area contributed by atoms with Gasteiger partial charge in [-0.15, -0.1) is 0 Å². The van der Waals surface area contributed by atoms with Crippen molar-refractivity contribution in [2.24, 2.45) is 4.99 Å². The van der Waals surface area contributed by atoms with E-state index in [1.54, 1.807) is 7.05 Å². The molecule has 2 aliphatic heterocycles. The molecule has 0 saturated carbocycles. The molecule has 0 aromatic carbocycles. The lowest BCUT2D eigenvalue weighted by molar-refractivity contribution is -0.132. The van der Waals surface area contributed by atoms with E-state index in [0.29, 0.717) is 12.6 Å². The first-order valence-corrected chi connectivity index (χ1v) is 8.73. The molecule has 24 heavy (non-hydrogen) atoms. The van der Waals surface area contributed by atoms with Crippen molar-refractivity contribution in [1.29, 1.82) is 0 Å². The van der Waals surface area contributed by atoms with Crippen LogP contribution in [0.5, 0.6) is 0 Å². The standard InChI is InChI=1S/C16H28F3N3O2/c1-20-15(21-8-7-16(17,18)19)22-9-5-13(6-10-22)24-12-14-4-2-3-11-23-14/h13-14H,2-12H2,1H3,(H,20,21). The van der Waals surface area contributed by atoms with Crippen LogP contribution in [-0.4, -0.2) is 69.1 Å². The van der Waals surface area contributed by atoms with E-state index < -0.39 is 12.6 Å². The molecular weight excluding hydrogens is 323 g/mol. The molecule has 140 valence electrons. The van der Waals surface area contributed by atoms with Gasteiger partial charge in [0.25, 0.3) is 0 Å². The average molecular weight is 351 g/mol. The highest BCUT2D eigenvalue weighted by Gasteiger charge is 2.27. The minimum Gasteiger partial charge on any atom is -0.376 e. The maximum Gasteiger partial charge on any atom is 0.390 e. The van der Waals surface area contributed by atoms with E-state index >= 15 is 0 Å². The molecule has 0 aliphatic carbocycles. The molecule has 0 amide bonds. The van der Waals surface area contributed by atoms with Gasteiger partial charge in [-0.3, -0.25) is 4.99 Å². The monoisotopic (exact) mass is 351 g/mol. The second-order valence-corrected chi connectivity index (χ2v) is 6.35. The maximum atomic E-state index is 12.2. The number of hydrogen-bond donors (Lipinski definition) is 1. The number of nitrogens with one attached hydrogen (secondary N) is 1. The Bertz CT molecular complexity index is 391. The van der Waals surface area contributed by atoms with Crippen molar-refractivity contribution in [3.8, 4) is 0 Å². The molecule has 8 heteroatoms. The van der Waals surface area contributed by atoms with Crippen LogP contribution in [0.4, 0.5) is 13.2 Å². The number of guanidine groups is 1. The summed E-state index contributed by atoms with van der Waals surface area (Å²) in [7, 11) is 1.60. The number of aliphatic imine (C=N–C) groups is 1. The normalized spacial score (nSPS) is 24.2. The number of rotatable bonds is 5. The number of hydrogen-bond acceptors (Lipinski definition) is 3. The summed E-state index contributed by atoms with van der Waals surface area (Å²) in [6, 6.07) is 0. The van der Waals surface area contributed by atoms with E-state index in [2.05, 4.69) is 10.3 Å². The third-order valence-corrected chi connectivity index (χ3v) is 4.44. The van der Waals surface area contributed by atoms with Gasteiger partial charge in [0.15, 0.2) is 5.96 Å². The van der Waals surface area contributed by atoms with Gasteiger partial charge in [0.2, 0.25) is 0 Å². The molecule has 1 N–H and O–H groups in total. The largest absolute Gasteiger partial charge is 0.390 e. The molecular formula is C16H28F3N3O2. The molecule has 1 atom stereocenters. The summed E-state index contributed by atoms with van der Waals surface area (Å²) in [4.78, 5) is 6.07. The Labute approximate surface area is 141 Å². The molecule has 0 aromatic rings. The first-order chi connectivity index (χ1) is 11.5. The van der Waals surface area contributed by atoms with Crippen LogP contribution < -0.4 is 5.32 Å². The Morgan fingerprint density at radius 1 is 1.25 bits per heavy atom. The fourth-order valence-corrected chi connectivity index (χ4v) is 3.06. The average Bonchev–Trinajstić information content (AvgIpc) is 2.57. The third kappa shape index (κ3) is 6.84. The number of piperidine rings is 1. The molecule has 2 heterocycles. The number of ether oxygens (including phenoxy) is 2. The van der Waals surface area contributed by atoms with E-state index in [9.17, 15) is 13.2 Å². The molecule has 5 nitrogen and oxygen atoms in total. The van der Waals surface area contributed by atoms with Gasteiger partial charge in [0.05, 0.1) is 25.2 Å². The van der Waals surface area contributed by atoms with Crippen LogP contribution >= 0.6 is 0 Å². The summed E-state index contributed by atoms with van der Waals surface area (Å²) in [5, 5.41) is 2.79. The summed E-state index contributed by atoms with van der Waals surface area (Å²) in [5.41, 5.74) is 0. The second kappa shape index (κ2) is 9.46. The maximum absolute atomic E-state index is 12.2. The number of nitrogens with zero attached hydrogens (tertiary/aromatic N) is 2. The van der Waals surface area contributed by atoms with Gasteiger partial charge in [0, 0.05) is 33.3 Å². The summed E-state index contributed by atoms with van der Waals surface area (Å²) >= 11 is 0. The Kier molecular flexibility index (Phi) is 7.61. The van der Waals surface area contributed by atoms with Crippen LogP contribution in [0.1, 0.15) is 38.5 Å². The van der Waals surface area contributed by atoms with Crippen LogP contribution in [0.15, 0.2) is 4.99 Å². The fraction of sp³-hybridized carbons (Fsp3) is 0.938. The SMILES string of the molecule is CN=C(NCCC(F)(F)F)N1CCC(OCC2CCCCO2)CC1. The third-order valence-electron chi connectivity index (χ3n) is 4.44. The van der Waals surface area contributed by atoms with Crippen molar-refractivity contribution in [2.45, 2.75) is 56.9 Å². The molecule has 2 fully saturated rings. The van der Waals surface area contributed by atoms with Crippen molar-refractivity contribution >= 4 is 5.96 Å². The highest BCUT2D eigenvalue weighted by Crippen LogP contribution is 2.19. The predicted molar refractivity (Wildman–Crippen MR) is 86.2 cm³/mol. The summed E-state index contributed by atoms with van der Waals surface area (Å²) in [6.07, 6.45) is 0.519. The van der Waals surface area contributed by atoms with Crippen molar-refractivity contribution in [1.82, 2.24) is 10.2 Å². The van der Waals surface area contributed by atoms with Crippen molar-refractivity contribution in [3.63, 3.8) is 0 Å². The molecule has 2 aliphatic rings. The van der Waals surface area contributed by atoms with E-state index in [1.165, 1.54) is 6.42 Å². The van der Waals surface area contributed by atoms with Gasteiger partial charge in [-0.1, -0.05) is 0 Å². The van der Waals surface area contributed by atoms with Crippen molar-refractivity contribution in [3.05, 3.63) is 0 Å². The molecule has 2 rings (SSSR count). The van der Waals surface area contributed by atoms with E-state index in [0.717, 1.165) is 45.4 Å². The van der Waals surface area contributed by atoms with Crippen LogP contribution in [0.3, 0.4) is 0 Å². The first kappa shape index (κ1) is 19.3. The van der Waals surface area contributed by atoms with E-state index in [1.807, 2.05) is 4.90 Å². The molecule has 1 unspecified atom stereocenters. The predicted octanol–water partition coefficient (Wildman–Crippen LogP) is 2.56. The molecule has 0 spiro atoms.